The number of hydrogen-bond donors (Lipinski definition) is 1. The highest BCUT2D eigenvalue weighted by molar-refractivity contribution is 5.86. The molecule has 0 bridgehead atoms. The molecule has 1 N–H and O–H groups in total. The van der Waals surface area contributed by atoms with E-state index in [0.29, 0.717) is 0 Å². The monoisotopic (exact) mass is 367 g/mol. The quantitative estimate of drug-likeness (QED) is 0.865. The summed E-state index contributed by atoms with van der Waals surface area (Å²) >= 11 is 0. The summed E-state index contributed by atoms with van der Waals surface area (Å²) in [7, 11) is 2.20. The third-order valence-corrected chi connectivity index (χ3v) is 4.53. The Balaban J connectivity index is 0.00000147. The Morgan fingerprint density at radius 1 is 0.955 bits per heavy atom. The lowest BCUT2D eigenvalue weighted by molar-refractivity contribution is 0.313. The predicted molar refractivity (Wildman–Crippen MR) is 103 cm³/mol. The molecule has 2 aliphatic heterocycles. The van der Waals surface area contributed by atoms with Gasteiger partial charge >= 0.3 is 0 Å². The van der Waals surface area contributed by atoms with Crippen molar-refractivity contribution in [1.82, 2.24) is 10.2 Å². The Kier molecular flexibility index (Phi) is 10.5. The van der Waals surface area contributed by atoms with Gasteiger partial charge in [-0.1, -0.05) is 12.1 Å². The molecule has 6 heteroatoms. The molecule has 0 spiro atoms. The smallest absolute Gasteiger partial charge is 0.0367 e. The highest BCUT2D eigenvalue weighted by Gasteiger charge is 2.17. The number of piperazine rings is 1. The molecule has 2 aliphatic rings. The molecule has 128 valence electrons. The molecule has 1 aromatic rings. The van der Waals surface area contributed by atoms with E-state index >= 15 is 0 Å². The minimum Gasteiger partial charge on any atom is -0.369 e. The largest absolute Gasteiger partial charge is 0.369 e. The van der Waals surface area contributed by atoms with Gasteiger partial charge in [0.1, 0.15) is 0 Å². The van der Waals surface area contributed by atoms with E-state index in [0.717, 1.165) is 25.6 Å². The fourth-order valence-electron chi connectivity index (χ4n) is 3.16. The van der Waals surface area contributed by atoms with Crippen molar-refractivity contribution < 1.29 is 0 Å². The maximum absolute atomic E-state index is 3.50. The number of benzene rings is 1. The van der Waals surface area contributed by atoms with E-state index < -0.39 is 0 Å². The Morgan fingerprint density at radius 2 is 1.59 bits per heavy atom. The van der Waals surface area contributed by atoms with Gasteiger partial charge in [-0.05, 0) is 50.0 Å². The average Bonchev–Trinajstić information content (AvgIpc) is 2.49. The fourth-order valence-corrected chi connectivity index (χ4v) is 3.16. The lowest BCUT2D eigenvalue weighted by Crippen LogP contribution is -2.44. The molecule has 22 heavy (non-hydrogen) atoms. The van der Waals surface area contributed by atoms with E-state index in [1.54, 1.807) is 0 Å². The van der Waals surface area contributed by atoms with Crippen LogP contribution in [-0.2, 0) is 0 Å². The number of nitrogens with zero attached hydrogens (tertiary/aromatic N) is 2. The Bertz CT molecular complexity index is 400. The molecule has 0 amide bonds. The van der Waals surface area contributed by atoms with Crippen LogP contribution in [0.2, 0.25) is 0 Å². The van der Waals surface area contributed by atoms with E-state index in [-0.39, 0.29) is 37.2 Å². The maximum Gasteiger partial charge on any atom is 0.0367 e. The van der Waals surface area contributed by atoms with Crippen LogP contribution < -0.4 is 10.2 Å². The number of halogens is 3. The first-order valence-electron chi connectivity index (χ1n) is 7.57. The van der Waals surface area contributed by atoms with E-state index in [1.165, 1.54) is 43.7 Å². The van der Waals surface area contributed by atoms with Gasteiger partial charge in [0.2, 0.25) is 0 Å². The van der Waals surface area contributed by atoms with Crippen molar-refractivity contribution in [2.24, 2.45) is 0 Å². The van der Waals surface area contributed by atoms with E-state index in [9.17, 15) is 0 Å². The van der Waals surface area contributed by atoms with E-state index in [2.05, 4.69) is 46.4 Å². The van der Waals surface area contributed by atoms with Crippen LogP contribution in [-0.4, -0.2) is 51.2 Å². The number of likely N-dealkylation sites (N-methyl/N-ethyl adjacent to an activating group) is 1. The van der Waals surface area contributed by atoms with Crippen LogP contribution in [0.25, 0.3) is 0 Å². The summed E-state index contributed by atoms with van der Waals surface area (Å²) in [5.74, 6) is 0.718. The normalized spacial score (nSPS) is 22.0. The SMILES string of the molecule is CN1CCN(c2ccc(C3CCCNC3)cc2)CC1.Cl.Cl.Cl. The predicted octanol–water partition coefficient (Wildman–Crippen LogP) is 3.17. The molecule has 2 saturated heterocycles. The first kappa shape index (κ1) is 21.8. The summed E-state index contributed by atoms with van der Waals surface area (Å²) < 4.78 is 0. The zero-order valence-electron chi connectivity index (χ0n) is 13.2. The molecular weight excluding hydrogens is 341 g/mol. The van der Waals surface area contributed by atoms with Gasteiger partial charge in [0.05, 0.1) is 0 Å². The van der Waals surface area contributed by atoms with Crippen LogP contribution in [0.1, 0.15) is 24.3 Å². The molecule has 0 saturated carbocycles. The fraction of sp³-hybridized carbons (Fsp3) is 0.625. The van der Waals surface area contributed by atoms with Crippen LogP contribution in [0, 0.1) is 0 Å². The van der Waals surface area contributed by atoms with Crippen molar-refractivity contribution >= 4 is 42.9 Å². The van der Waals surface area contributed by atoms with Crippen molar-refractivity contribution in [2.45, 2.75) is 18.8 Å². The van der Waals surface area contributed by atoms with Crippen LogP contribution in [0.4, 0.5) is 5.69 Å². The molecule has 2 fully saturated rings. The summed E-state index contributed by atoms with van der Waals surface area (Å²) in [4.78, 5) is 4.90. The molecule has 2 heterocycles. The molecule has 0 aliphatic carbocycles. The summed E-state index contributed by atoms with van der Waals surface area (Å²) in [5, 5.41) is 3.50. The van der Waals surface area contributed by atoms with Gasteiger partial charge in [-0.15, -0.1) is 37.2 Å². The molecule has 1 aromatic carbocycles. The maximum atomic E-state index is 3.50. The molecule has 3 rings (SSSR count). The number of hydrogen-bond acceptors (Lipinski definition) is 3. The average molecular weight is 369 g/mol. The second-order valence-electron chi connectivity index (χ2n) is 5.93. The van der Waals surface area contributed by atoms with Gasteiger partial charge in [0, 0.05) is 38.4 Å². The van der Waals surface area contributed by atoms with E-state index in [4.69, 9.17) is 0 Å². The highest BCUT2D eigenvalue weighted by atomic mass is 35.5. The molecule has 3 nitrogen and oxygen atoms in total. The van der Waals surface area contributed by atoms with Crippen LogP contribution in [0.5, 0.6) is 0 Å². The minimum absolute atomic E-state index is 0. The Hall–Kier alpha value is -0.190. The van der Waals surface area contributed by atoms with E-state index in [1.807, 2.05) is 0 Å². The van der Waals surface area contributed by atoms with Crippen LogP contribution >= 0.6 is 37.2 Å². The van der Waals surface area contributed by atoms with Gasteiger partial charge in [-0.25, -0.2) is 0 Å². The van der Waals surface area contributed by atoms with Gasteiger partial charge in [-0.3, -0.25) is 0 Å². The van der Waals surface area contributed by atoms with Crippen molar-refractivity contribution in [2.75, 3.05) is 51.2 Å². The van der Waals surface area contributed by atoms with Crippen LogP contribution in [0.3, 0.4) is 0 Å². The second kappa shape index (κ2) is 10.6. The van der Waals surface area contributed by atoms with Crippen molar-refractivity contribution in [1.29, 1.82) is 0 Å². The lowest BCUT2D eigenvalue weighted by atomic mass is 9.91. The second-order valence-corrected chi connectivity index (χ2v) is 5.93. The topological polar surface area (TPSA) is 18.5 Å². The summed E-state index contributed by atoms with van der Waals surface area (Å²) in [5.41, 5.74) is 2.89. The standard InChI is InChI=1S/C16H25N3.3ClH/c1-18-9-11-19(12-10-18)16-6-4-14(5-7-16)15-3-2-8-17-13-15;;;/h4-7,15,17H,2-3,8-13H2,1H3;3*1H. The summed E-state index contributed by atoms with van der Waals surface area (Å²) in [6.45, 7) is 6.99. The molecule has 0 aromatic heterocycles. The zero-order chi connectivity index (χ0) is 13.1. The van der Waals surface area contributed by atoms with Gasteiger partial charge in [0.15, 0.2) is 0 Å². The van der Waals surface area contributed by atoms with Crippen molar-refractivity contribution in [3.63, 3.8) is 0 Å². The highest BCUT2D eigenvalue weighted by Crippen LogP contribution is 2.25. The first-order chi connectivity index (χ1) is 9.33. The van der Waals surface area contributed by atoms with Gasteiger partial charge in [-0.2, -0.15) is 0 Å². The summed E-state index contributed by atoms with van der Waals surface area (Å²) in [6.07, 6.45) is 2.64. The van der Waals surface area contributed by atoms with Crippen LogP contribution in [0.15, 0.2) is 24.3 Å². The molecule has 0 radical (unpaired) electrons. The molecule has 1 atom stereocenters. The third kappa shape index (κ3) is 5.47. The van der Waals surface area contributed by atoms with Gasteiger partial charge in [0.25, 0.3) is 0 Å². The molecular formula is C16H28Cl3N3. The number of rotatable bonds is 2. The summed E-state index contributed by atoms with van der Waals surface area (Å²) in [6, 6.07) is 9.31. The first-order valence-corrected chi connectivity index (χ1v) is 7.57. The third-order valence-electron chi connectivity index (χ3n) is 4.53. The number of nitrogens with one attached hydrogen (secondary N) is 1. The Labute approximate surface area is 153 Å². The van der Waals surface area contributed by atoms with Crippen molar-refractivity contribution in [3.8, 4) is 0 Å². The van der Waals surface area contributed by atoms with Crippen molar-refractivity contribution in [3.05, 3.63) is 29.8 Å². The number of anilines is 1. The minimum atomic E-state index is 0. The number of piperidine rings is 1. The molecule has 1 unspecified atom stereocenters. The van der Waals surface area contributed by atoms with Gasteiger partial charge < -0.3 is 15.1 Å². The zero-order valence-corrected chi connectivity index (χ0v) is 15.6. The lowest BCUT2D eigenvalue weighted by Gasteiger charge is -2.34. The Morgan fingerprint density at radius 3 is 2.14 bits per heavy atom.